The molecule has 0 saturated carbocycles. The van der Waals surface area contributed by atoms with Crippen molar-refractivity contribution in [3.8, 4) is 0 Å². The van der Waals surface area contributed by atoms with Crippen molar-refractivity contribution in [3.63, 3.8) is 0 Å². The highest BCUT2D eigenvalue weighted by molar-refractivity contribution is 9.10. The highest BCUT2D eigenvalue weighted by Crippen LogP contribution is 2.27. The van der Waals surface area contributed by atoms with E-state index in [0.29, 0.717) is 18.1 Å². The molecule has 0 atom stereocenters. The summed E-state index contributed by atoms with van der Waals surface area (Å²) < 4.78 is 29.0. The number of ether oxygens (including phenoxy) is 1. The highest BCUT2D eigenvalue weighted by Gasteiger charge is 2.07. The second-order valence-electron chi connectivity index (χ2n) is 3.39. The Bertz CT molecular complexity index is 377. The minimum atomic E-state index is -2.43. The summed E-state index contributed by atoms with van der Waals surface area (Å²) in [6.07, 6.45) is -0.888. The van der Waals surface area contributed by atoms with E-state index in [2.05, 4.69) is 26.2 Å². The van der Waals surface area contributed by atoms with E-state index in [-0.39, 0.29) is 6.61 Å². The van der Waals surface area contributed by atoms with Gasteiger partial charge in [-0.05, 0) is 28.4 Å². The van der Waals surface area contributed by atoms with Crippen molar-refractivity contribution in [2.45, 2.75) is 13.3 Å². The summed E-state index contributed by atoms with van der Waals surface area (Å²) in [4.78, 5) is 4.08. The number of halogens is 3. The summed E-state index contributed by atoms with van der Waals surface area (Å²) in [5, 5.41) is 2.97. The molecule has 0 aliphatic heterocycles. The molecule has 17 heavy (non-hydrogen) atoms. The molecule has 1 heterocycles. The normalized spacial score (nSPS) is 10.9. The lowest BCUT2D eigenvalue weighted by molar-refractivity contribution is 0.0215. The Morgan fingerprint density at radius 3 is 2.94 bits per heavy atom. The lowest BCUT2D eigenvalue weighted by Gasteiger charge is -2.10. The number of alkyl halides is 2. The van der Waals surface area contributed by atoms with Gasteiger partial charge in [0.05, 0.1) is 23.0 Å². The third kappa shape index (κ3) is 4.43. The van der Waals surface area contributed by atoms with Gasteiger partial charge in [0.15, 0.2) is 0 Å². The summed E-state index contributed by atoms with van der Waals surface area (Å²) in [6.45, 7) is 1.92. The fourth-order valence-corrected chi connectivity index (χ4v) is 1.60. The monoisotopic (exact) mass is 309 g/mol. The molecule has 0 bridgehead atoms. The first-order valence-electron chi connectivity index (χ1n) is 5.02. The van der Waals surface area contributed by atoms with Crippen LogP contribution in [-0.2, 0) is 4.74 Å². The van der Waals surface area contributed by atoms with Crippen LogP contribution in [0.4, 0.5) is 20.3 Å². The van der Waals surface area contributed by atoms with Crippen molar-refractivity contribution in [3.05, 3.63) is 16.2 Å². The lowest BCUT2D eigenvalue weighted by Crippen LogP contribution is -2.14. The molecule has 96 valence electrons. The van der Waals surface area contributed by atoms with Gasteiger partial charge in [-0.15, -0.1) is 0 Å². The van der Waals surface area contributed by atoms with E-state index in [9.17, 15) is 8.78 Å². The fraction of sp³-hybridized carbons (Fsp3) is 0.500. The minimum absolute atomic E-state index is 0.196. The molecule has 0 unspecified atom stereocenters. The van der Waals surface area contributed by atoms with Crippen molar-refractivity contribution in [1.82, 2.24) is 4.98 Å². The molecule has 0 saturated heterocycles. The maximum atomic E-state index is 11.8. The van der Waals surface area contributed by atoms with Crippen LogP contribution in [-0.4, -0.2) is 31.2 Å². The van der Waals surface area contributed by atoms with Crippen LogP contribution in [0.15, 0.2) is 10.7 Å². The molecule has 0 aliphatic rings. The van der Waals surface area contributed by atoms with E-state index in [1.54, 1.807) is 6.20 Å². The van der Waals surface area contributed by atoms with Gasteiger partial charge in [0, 0.05) is 6.54 Å². The molecule has 0 amide bonds. The lowest BCUT2D eigenvalue weighted by atomic mass is 10.2. The smallest absolute Gasteiger partial charge is 0.261 e. The van der Waals surface area contributed by atoms with Crippen LogP contribution >= 0.6 is 15.9 Å². The number of nitrogen functional groups attached to an aromatic ring is 1. The molecule has 4 nitrogen and oxygen atoms in total. The molecule has 0 fully saturated rings. The van der Waals surface area contributed by atoms with E-state index in [4.69, 9.17) is 10.5 Å². The zero-order chi connectivity index (χ0) is 12.8. The fourth-order valence-electron chi connectivity index (χ4n) is 1.13. The van der Waals surface area contributed by atoms with Crippen LogP contribution in [0.1, 0.15) is 5.56 Å². The van der Waals surface area contributed by atoms with E-state index in [0.717, 1.165) is 10.0 Å². The number of pyridine rings is 1. The minimum Gasteiger partial charge on any atom is -0.397 e. The summed E-state index contributed by atoms with van der Waals surface area (Å²) in [6, 6.07) is 0. The Hall–Kier alpha value is -0.950. The molecule has 3 N–H and O–H groups in total. The molecule has 1 rings (SSSR count). The van der Waals surface area contributed by atoms with Crippen molar-refractivity contribution < 1.29 is 13.5 Å². The van der Waals surface area contributed by atoms with Crippen LogP contribution in [0.25, 0.3) is 0 Å². The summed E-state index contributed by atoms with van der Waals surface area (Å²) in [5.74, 6) is 0.623. The number of anilines is 2. The van der Waals surface area contributed by atoms with Gasteiger partial charge in [0.1, 0.15) is 12.4 Å². The van der Waals surface area contributed by atoms with Gasteiger partial charge in [0.25, 0.3) is 6.43 Å². The third-order valence-corrected chi connectivity index (χ3v) is 3.06. The molecular weight excluding hydrogens is 296 g/mol. The maximum Gasteiger partial charge on any atom is 0.261 e. The Morgan fingerprint density at radius 1 is 1.59 bits per heavy atom. The van der Waals surface area contributed by atoms with Gasteiger partial charge in [0.2, 0.25) is 0 Å². The SMILES string of the molecule is Cc1c(N)cnc(NCCOCC(F)F)c1Br. The average molecular weight is 310 g/mol. The van der Waals surface area contributed by atoms with E-state index >= 15 is 0 Å². The molecule has 0 aliphatic carbocycles. The zero-order valence-electron chi connectivity index (χ0n) is 9.34. The second-order valence-corrected chi connectivity index (χ2v) is 4.19. The van der Waals surface area contributed by atoms with E-state index in [1.807, 2.05) is 6.92 Å². The maximum absolute atomic E-state index is 11.8. The Labute approximate surface area is 107 Å². The Balaban J connectivity index is 2.40. The first-order chi connectivity index (χ1) is 8.02. The molecule has 0 spiro atoms. The summed E-state index contributed by atoms with van der Waals surface area (Å²) in [5.41, 5.74) is 7.15. The van der Waals surface area contributed by atoms with Crippen molar-refractivity contribution in [1.29, 1.82) is 0 Å². The van der Waals surface area contributed by atoms with Gasteiger partial charge < -0.3 is 15.8 Å². The number of nitrogens with zero attached hydrogens (tertiary/aromatic N) is 1. The number of hydrogen-bond acceptors (Lipinski definition) is 4. The van der Waals surface area contributed by atoms with Gasteiger partial charge in [-0.25, -0.2) is 13.8 Å². The highest BCUT2D eigenvalue weighted by atomic mass is 79.9. The van der Waals surface area contributed by atoms with Crippen molar-refractivity contribution >= 4 is 27.4 Å². The summed E-state index contributed by atoms with van der Waals surface area (Å²) >= 11 is 3.36. The van der Waals surface area contributed by atoms with Crippen LogP contribution in [0.2, 0.25) is 0 Å². The first kappa shape index (κ1) is 14.1. The Morgan fingerprint density at radius 2 is 2.29 bits per heavy atom. The van der Waals surface area contributed by atoms with E-state index in [1.165, 1.54) is 0 Å². The molecule has 0 radical (unpaired) electrons. The predicted molar refractivity (Wildman–Crippen MR) is 66.4 cm³/mol. The molecule has 7 heteroatoms. The van der Waals surface area contributed by atoms with Gasteiger partial charge in [-0.2, -0.15) is 0 Å². The number of rotatable bonds is 6. The molecule has 0 aromatic carbocycles. The third-order valence-electron chi connectivity index (χ3n) is 2.09. The average Bonchev–Trinajstić information content (AvgIpc) is 2.28. The zero-order valence-corrected chi connectivity index (χ0v) is 10.9. The van der Waals surface area contributed by atoms with Crippen LogP contribution in [0, 0.1) is 6.92 Å². The van der Waals surface area contributed by atoms with Gasteiger partial charge >= 0.3 is 0 Å². The molecule has 1 aromatic heterocycles. The number of aromatic nitrogens is 1. The standard InChI is InChI=1S/C10H14BrF2N3O/c1-6-7(14)4-16-10(9(6)11)15-2-3-17-5-8(12)13/h4,8H,2-3,5,14H2,1H3,(H,15,16). The van der Waals surface area contributed by atoms with Crippen molar-refractivity contribution in [2.24, 2.45) is 0 Å². The molecule has 1 aromatic rings. The van der Waals surface area contributed by atoms with Crippen LogP contribution in [0.5, 0.6) is 0 Å². The van der Waals surface area contributed by atoms with Gasteiger partial charge in [-0.3, -0.25) is 0 Å². The topological polar surface area (TPSA) is 60.2 Å². The predicted octanol–water partition coefficient (Wildman–Crippen LogP) is 2.43. The quantitative estimate of drug-likeness (QED) is 0.792. The Kier molecular flexibility index (Phi) is 5.57. The largest absolute Gasteiger partial charge is 0.397 e. The summed E-state index contributed by atoms with van der Waals surface area (Å²) in [7, 11) is 0. The van der Waals surface area contributed by atoms with E-state index < -0.39 is 13.0 Å². The van der Waals surface area contributed by atoms with Gasteiger partial charge in [-0.1, -0.05) is 0 Å². The van der Waals surface area contributed by atoms with Crippen molar-refractivity contribution in [2.75, 3.05) is 30.8 Å². The molecular formula is C10H14BrF2N3O. The van der Waals surface area contributed by atoms with Crippen LogP contribution < -0.4 is 11.1 Å². The number of hydrogen-bond donors (Lipinski definition) is 2. The van der Waals surface area contributed by atoms with Crippen LogP contribution in [0.3, 0.4) is 0 Å². The number of nitrogens with one attached hydrogen (secondary N) is 1. The number of nitrogens with two attached hydrogens (primary N) is 1. The first-order valence-corrected chi connectivity index (χ1v) is 5.82. The second kappa shape index (κ2) is 6.70.